The summed E-state index contributed by atoms with van der Waals surface area (Å²) in [5.41, 5.74) is 2.29. The predicted octanol–water partition coefficient (Wildman–Crippen LogP) is 2.41. The minimum absolute atomic E-state index is 0.684. The van der Waals surface area contributed by atoms with Gasteiger partial charge in [0.1, 0.15) is 5.82 Å². The lowest BCUT2D eigenvalue weighted by Crippen LogP contribution is -2.21. The summed E-state index contributed by atoms with van der Waals surface area (Å²) in [5, 5.41) is 6.63. The van der Waals surface area contributed by atoms with Crippen molar-refractivity contribution in [2.45, 2.75) is 13.3 Å². The van der Waals surface area contributed by atoms with Crippen LogP contribution in [0.3, 0.4) is 0 Å². The normalized spacial score (nSPS) is 10.7. The van der Waals surface area contributed by atoms with Crippen LogP contribution in [0.1, 0.15) is 11.3 Å². The van der Waals surface area contributed by atoms with Gasteiger partial charge in [-0.2, -0.15) is 4.98 Å². The molecule has 0 aliphatic rings. The number of hydrogen-bond donors (Lipinski definition) is 2. The number of benzene rings is 1. The van der Waals surface area contributed by atoms with Gasteiger partial charge in [0.2, 0.25) is 5.95 Å². The summed E-state index contributed by atoms with van der Waals surface area (Å²) in [6, 6.07) is 12.4. The Morgan fingerprint density at radius 1 is 1.00 bits per heavy atom. The molecule has 0 aliphatic heterocycles. The second-order valence-electron chi connectivity index (χ2n) is 5.61. The van der Waals surface area contributed by atoms with Crippen molar-refractivity contribution < 1.29 is 0 Å². The zero-order chi connectivity index (χ0) is 15.8. The van der Waals surface area contributed by atoms with Gasteiger partial charge in [0.15, 0.2) is 0 Å². The van der Waals surface area contributed by atoms with Crippen molar-refractivity contribution >= 4 is 11.8 Å². The number of rotatable bonds is 8. The maximum Gasteiger partial charge on any atom is 0.224 e. The van der Waals surface area contributed by atoms with Crippen LogP contribution in [0, 0.1) is 6.92 Å². The summed E-state index contributed by atoms with van der Waals surface area (Å²) in [6.07, 6.45) is 0.979. The first-order valence-electron chi connectivity index (χ1n) is 7.65. The molecule has 0 aliphatic carbocycles. The Kier molecular flexibility index (Phi) is 6.15. The number of aromatic nitrogens is 2. The summed E-state index contributed by atoms with van der Waals surface area (Å²) in [5.74, 6) is 1.56. The smallest absolute Gasteiger partial charge is 0.224 e. The van der Waals surface area contributed by atoms with Gasteiger partial charge < -0.3 is 15.5 Å². The van der Waals surface area contributed by atoms with Crippen molar-refractivity contribution in [1.29, 1.82) is 0 Å². The second-order valence-corrected chi connectivity index (χ2v) is 5.61. The summed E-state index contributed by atoms with van der Waals surface area (Å²) in [6.45, 7) is 4.63. The molecule has 0 spiro atoms. The van der Waals surface area contributed by atoms with Crippen molar-refractivity contribution in [1.82, 2.24) is 14.9 Å². The third kappa shape index (κ3) is 5.69. The van der Waals surface area contributed by atoms with Crippen molar-refractivity contribution in [2.75, 3.05) is 44.4 Å². The fourth-order valence-electron chi connectivity index (χ4n) is 2.11. The largest absolute Gasteiger partial charge is 0.370 e. The Morgan fingerprint density at radius 3 is 2.50 bits per heavy atom. The molecule has 2 aromatic rings. The molecule has 0 bridgehead atoms. The van der Waals surface area contributed by atoms with E-state index >= 15 is 0 Å². The van der Waals surface area contributed by atoms with Crippen LogP contribution in [0.15, 0.2) is 36.4 Å². The lowest BCUT2D eigenvalue weighted by atomic mass is 10.1. The topological polar surface area (TPSA) is 53.1 Å². The number of nitrogens with one attached hydrogen (secondary N) is 2. The first kappa shape index (κ1) is 16.2. The van der Waals surface area contributed by atoms with Crippen LogP contribution in [0.5, 0.6) is 0 Å². The van der Waals surface area contributed by atoms with E-state index in [9.17, 15) is 0 Å². The summed E-state index contributed by atoms with van der Waals surface area (Å²) >= 11 is 0. The van der Waals surface area contributed by atoms with E-state index in [2.05, 4.69) is 63.9 Å². The van der Waals surface area contributed by atoms with E-state index in [0.717, 1.165) is 37.6 Å². The highest BCUT2D eigenvalue weighted by Gasteiger charge is 2.02. The summed E-state index contributed by atoms with van der Waals surface area (Å²) in [7, 11) is 4.10. The van der Waals surface area contributed by atoms with Crippen molar-refractivity contribution in [3.63, 3.8) is 0 Å². The van der Waals surface area contributed by atoms with Crippen LogP contribution in [0.25, 0.3) is 0 Å². The van der Waals surface area contributed by atoms with E-state index in [1.165, 1.54) is 5.56 Å². The molecule has 0 fully saturated rings. The molecular weight excluding hydrogens is 274 g/mol. The molecule has 5 nitrogen and oxygen atoms in total. The highest BCUT2D eigenvalue weighted by molar-refractivity contribution is 5.42. The predicted molar refractivity (Wildman–Crippen MR) is 92.4 cm³/mol. The van der Waals surface area contributed by atoms with Crippen LogP contribution in [0.4, 0.5) is 11.8 Å². The maximum atomic E-state index is 4.51. The second kappa shape index (κ2) is 8.34. The Hall–Kier alpha value is -2.14. The van der Waals surface area contributed by atoms with Gasteiger partial charge in [0.25, 0.3) is 0 Å². The van der Waals surface area contributed by atoms with Crippen LogP contribution in [-0.4, -0.2) is 48.6 Å². The fourth-order valence-corrected chi connectivity index (χ4v) is 2.11. The molecule has 0 radical (unpaired) electrons. The van der Waals surface area contributed by atoms with Gasteiger partial charge in [-0.1, -0.05) is 30.3 Å². The average Bonchev–Trinajstić information content (AvgIpc) is 2.47. The molecule has 0 amide bonds. The molecule has 0 saturated carbocycles. The SMILES string of the molecule is Cc1cc(NCCc2ccccc2)nc(NCCN(C)C)n1. The number of hydrogen-bond acceptors (Lipinski definition) is 5. The Labute approximate surface area is 132 Å². The lowest BCUT2D eigenvalue weighted by Gasteiger charge is -2.12. The zero-order valence-corrected chi connectivity index (χ0v) is 13.6. The quantitative estimate of drug-likeness (QED) is 0.784. The minimum atomic E-state index is 0.684. The molecule has 22 heavy (non-hydrogen) atoms. The highest BCUT2D eigenvalue weighted by Crippen LogP contribution is 2.10. The zero-order valence-electron chi connectivity index (χ0n) is 13.6. The fraction of sp³-hybridized carbons (Fsp3) is 0.412. The molecule has 1 aromatic heterocycles. The first-order valence-corrected chi connectivity index (χ1v) is 7.65. The Morgan fingerprint density at radius 2 is 1.77 bits per heavy atom. The van der Waals surface area contributed by atoms with Gasteiger partial charge in [-0.3, -0.25) is 0 Å². The Balaban J connectivity index is 1.86. The van der Waals surface area contributed by atoms with Gasteiger partial charge in [0.05, 0.1) is 0 Å². The van der Waals surface area contributed by atoms with Gasteiger partial charge in [-0.25, -0.2) is 4.98 Å². The molecule has 0 unspecified atom stereocenters. The number of aryl methyl sites for hydroxylation is 1. The average molecular weight is 299 g/mol. The third-order valence-corrected chi connectivity index (χ3v) is 3.26. The Bertz CT molecular complexity index is 569. The molecule has 2 N–H and O–H groups in total. The van der Waals surface area contributed by atoms with Crippen LogP contribution >= 0.6 is 0 Å². The van der Waals surface area contributed by atoms with Gasteiger partial charge in [-0.15, -0.1) is 0 Å². The molecule has 5 heteroatoms. The van der Waals surface area contributed by atoms with E-state index in [0.29, 0.717) is 5.95 Å². The molecule has 118 valence electrons. The van der Waals surface area contributed by atoms with E-state index in [-0.39, 0.29) is 0 Å². The number of nitrogens with zero attached hydrogens (tertiary/aromatic N) is 3. The highest BCUT2D eigenvalue weighted by atomic mass is 15.2. The monoisotopic (exact) mass is 299 g/mol. The van der Waals surface area contributed by atoms with Gasteiger partial charge in [-0.05, 0) is 33.0 Å². The van der Waals surface area contributed by atoms with Gasteiger partial charge >= 0.3 is 0 Å². The van der Waals surface area contributed by atoms with Crippen LogP contribution < -0.4 is 10.6 Å². The molecular formula is C17H25N5. The van der Waals surface area contributed by atoms with Crippen molar-refractivity contribution in [3.8, 4) is 0 Å². The number of anilines is 2. The van der Waals surface area contributed by atoms with Crippen molar-refractivity contribution in [2.24, 2.45) is 0 Å². The summed E-state index contributed by atoms with van der Waals surface area (Å²) in [4.78, 5) is 11.1. The molecule has 0 atom stereocenters. The standard InChI is InChI=1S/C17H25N5/c1-14-13-16(18-10-9-15-7-5-4-6-8-15)21-17(20-14)19-11-12-22(2)3/h4-8,13H,9-12H2,1-3H3,(H2,18,19,20,21). The summed E-state index contributed by atoms with van der Waals surface area (Å²) < 4.78 is 0. The van der Waals surface area contributed by atoms with Crippen molar-refractivity contribution in [3.05, 3.63) is 47.7 Å². The lowest BCUT2D eigenvalue weighted by molar-refractivity contribution is 0.425. The molecule has 1 heterocycles. The van der Waals surface area contributed by atoms with Gasteiger partial charge in [0, 0.05) is 31.4 Å². The maximum absolute atomic E-state index is 4.51. The van der Waals surface area contributed by atoms with E-state index in [1.807, 2.05) is 19.1 Å². The first-order chi connectivity index (χ1) is 10.6. The third-order valence-electron chi connectivity index (χ3n) is 3.26. The number of likely N-dealkylation sites (N-methyl/N-ethyl adjacent to an activating group) is 1. The molecule has 2 rings (SSSR count). The van der Waals surface area contributed by atoms with Crippen LogP contribution in [-0.2, 0) is 6.42 Å². The van der Waals surface area contributed by atoms with E-state index in [1.54, 1.807) is 0 Å². The van der Waals surface area contributed by atoms with E-state index < -0.39 is 0 Å². The molecule has 0 saturated heterocycles. The minimum Gasteiger partial charge on any atom is -0.370 e. The van der Waals surface area contributed by atoms with Crippen LogP contribution in [0.2, 0.25) is 0 Å². The molecule has 1 aromatic carbocycles. The van der Waals surface area contributed by atoms with E-state index in [4.69, 9.17) is 0 Å².